The topological polar surface area (TPSA) is 15.3 Å². The number of nitrogens with one attached hydrogen (secondary N) is 1. The summed E-state index contributed by atoms with van der Waals surface area (Å²) in [6.45, 7) is 10.2. The monoisotopic (exact) mass is 306 g/mol. The van der Waals surface area contributed by atoms with Crippen molar-refractivity contribution in [1.29, 1.82) is 0 Å². The molecule has 0 aliphatic rings. The highest BCUT2D eigenvalue weighted by Gasteiger charge is 2.01. The molecule has 0 fully saturated rings. The molecule has 2 nitrogen and oxygen atoms in total. The number of hydrogen-bond acceptors (Lipinski definition) is 2. The van der Waals surface area contributed by atoms with Crippen LogP contribution in [0.1, 0.15) is 58.4 Å². The Morgan fingerprint density at radius 1 is 1.05 bits per heavy atom. The summed E-state index contributed by atoms with van der Waals surface area (Å²) in [5.41, 5.74) is 1.40. The first-order chi connectivity index (χ1) is 10.7. The van der Waals surface area contributed by atoms with Crippen LogP contribution in [0.5, 0.6) is 0 Å². The van der Waals surface area contributed by atoms with Gasteiger partial charge in [-0.15, -0.1) is 0 Å². The minimum Gasteiger partial charge on any atom is -0.319 e. The van der Waals surface area contributed by atoms with Crippen LogP contribution in [0.4, 0.5) is 0 Å². The Kier molecular flexibility index (Phi) is 14.5. The molecule has 0 amide bonds. The maximum atomic E-state index is 3.20. The van der Waals surface area contributed by atoms with Gasteiger partial charge in [-0.05, 0) is 51.5 Å². The lowest BCUT2D eigenvalue weighted by Crippen LogP contribution is -2.18. The van der Waals surface area contributed by atoms with Gasteiger partial charge in [0.2, 0.25) is 0 Å². The molecule has 0 heterocycles. The van der Waals surface area contributed by atoms with Gasteiger partial charge in [0.05, 0.1) is 0 Å². The van der Waals surface area contributed by atoms with Crippen molar-refractivity contribution in [3.8, 4) is 0 Å². The maximum Gasteiger partial charge on any atom is 0.0230 e. The van der Waals surface area contributed by atoms with Gasteiger partial charge >= 0.3 is 0 Å². The molecule has 0 aliphatic carbocycles. The van der Waals surface area contributed by atoms with Crippen molar-refractivity contribution >= 4 is 0 Å². The van der Waals surface area contributed by atoms with Gasteiger partial charge in [0, 0.05) is 6.54 Å². The van der Waals surface area contributed by atoms with Gasteiger partial charge in [0.25, 0.3) is 0 Å². The molecule has 0 saturated carbocycles. The van der Waals surface area contributed by atoms with Crippen LogP contribution >= 0.6 is 0 Å². The van der Waals surface area contributed by atoms with Gasteiger partial charge < -0.3 is 10.2 Å². The summed E-state index contributed by atoms with van der Waals surface area (Å²) in [5.74, 6) is 0.903. The van der Waals surface area contributed by atoms with Crippen LogP contribution < -0.4 is 5.32 Å². The fourth-order valence-electron chi connectivity index (χ4n) is 2.55. The van der Waals surface area contributed by atoms with E-state index in [0.717, 1.165) is 12.5 Å². The van der Waals surface area contributed by atoms with Gasteiger partial charge in [-0.25, -0.2) is 0 Å². The first-order valence-electron chi connectivity index (χ1n) is 9.04. The maximum absolute atomic E-state index is 3.20. The molecule has 0 saturated heterocycles. The van der Waals surface area contributed by atoms with E-state index in [1.54, 1.807) is 0 Å². The Morgan fingerprint density at radius 2 is 1.73 bits per heavy atom. The SMILES string of the molecule is CCCC(CC)CNC.CCCCN(C)Cc1ccccc1. The Morgan fingerprint density at radius 3 is 2.23 bits per heavy atom. The summed E-state index contributed by atoms with van der Waals surface area (Å²) in [6.07, 6.45) is 6.58. The second-order valence-electron chi connectivity index (χ2n) is 6.20. The van der Waals surface area contributed by atoms with Crippen molar-refractivity contribution in [1.82, 2.24) is 10.2 Å². The largest absolute Gasteiger partial charge is 0.319 e. The van der Waals surface area contributed by atoms with Crippen molar-refractivity contribution in [2.45, 2.75) is 59.4 Å². The van der Waals surface area contributed by atoms with Crippen molar-refractivity contribution in [2.75, 3.05) is 27.2 Å². The fourth-order valence-corrected chi connectivity index (χ4v) is 2.55. The predicted octanol–water partition coefficient (Wildman–Crippen LogP) is 4.95. The molecule has 0 bridgehead atoms. The molecule has 1 N–H and O–H groups in total. The highest BCUT2D eigenvalue weighted by Crippen LogP contribution is 2.08. The van der Waals surface area contributed by atoms with Gasteiger partial charge in [-0.2, -0.15) is 0 Å². The highest BCUT2D eigenvalue weighted by molar-refractivity contribution is 5.14. The number of nitrogens with zero attached hydrogens (tertiary/aromatic N) is 1. The average Bonchev–Trinajstić information content (AvgIpc) is 2.54. The molecule has 0 aliphatic heterocycles. The van der Waals surface area contributed by atoms with Crippen LogP contribution in [0.15, 0.2) is 30.3 Å². The molecule has 2 heteroatoms. The standard InChI is InChI=1S/C12H19N.C8H19N/c1-3-4-10-13(2)11-12-8-6-5-7-9-12;1-4-6-8(5-2)7-9-3/h5-9H,3-4,10-11H2,1-2H3;8-9H,4-7H2,1-3H3. The zero-order valence-electron chi connectivity index (χ0n) is 15.6. The Labute approximate surface area is 139 Å². The van der Waals surface area contributed by atoms with E-state index in [1.807, 2.05) is 7.05 Å². The van der Waals surface area contributed by atoms with E-state index >= 15 is 0 Å². The van der Waals surface area contributed by atoms with E-state index < -0.39 is 0 Å². The van der Waals surface area contributed by atoms with Crippen LogP contribution in [0.3, 0.4) is 0 Å². The first kappa shape index (κ1) is 21.1. The van der Waals surface area contributed by atoms with Crippen LogP contribution in [-0.2, 0) is 6.54 Å². The van der Waals surface area contributed by atoms with Gasteiger partial charge in [0.1, 0.15) is 0 Å². The lowest BCUT2D eigenvalue weighted by molar-refractivity contribution is 0.321. The molecule has 1 unspecified atom stereocenters. The fraction of sp³-hybridized carbons (Fsp3) is 0.700. The van der Waals surface area contributed by atoms with E-state index in [2.05, 4.69) is 68.4 Å². The minimum atomic E-state index is 0.903. The Balaban J connectivity index is 0.000000433. The van der Waals surface area contributed by atoms with E-state index in [4.69, 9.17) is 0 Å². The van der Waals surface area contributed by atoms with E-state index in [9.17, 15) is 0 Å². The second kappa shape index (κ2) is 15.1. The molecule has 1 aromatic rings. The average molecular weight is 307 g/mol. The van der Waals surface area contributed by atoms with E-state index in [0.29, 0.717) is 0 Å². The van der Waals surface area contributed by atoms with Crippen molar-refractivity contribution in [3.63, 3.8) is 0 Å². The van der Waals surface area contributed by atoms with Crippen LogP contribution in [-0.4, -0.2) is 32.1 Å². The van der Waals surface area contributed by atoms with E-state index in [1.165, 1.54) is 50.8 Å². The summed E-state index contributed by atoms with van der Waals surface area (Å²) < 4.78 is 0. The minimum absolute atomic E-state index is 0.903. The van der Waals surface area contributed by atoms with Gasteiger partial charge in [-0.3, -0.25) is 0 Å². The number of hydrogen-bond donors (Lipinski definition) is 1. The molecule has 0 aromatic heterocycles. The quantitative estimate of drug-likeness (QED) is 0.658. The van der Waals surface area contributed by atoms with Crippen LogP contribution in [0.25, 0.3) is 0 Å². The summed E-state index contributed by atoms with van der Waals surface area (Å²) in [5, 5.41) is 3.20. The summed E-state index contributed by atoms with van der Waals surface area (Å²) in [4.78, 5) is 2.37. The highest BCUT2D eigenvalue weighted by atomic mass is 15.1. The summed E-state index contributed by atoms with van der Waals surface area (Å²) in [7, 11) is 4.21. The van der Waals surface area contributed by atoms with E-state index in [-0.39, 0.29) is 0 Å². The molecule has 1 atom stereocenters. The molecule has 1 aromatic carbocycles. The van der Waals surface area contributed by atoms with Crippen LogP contribution in [0.2, 0.25) is 0 Å². The first-order valence-corrected chi connectivity index (χ1v) is 9.04. The molecule has 1 rings (SSSR count). The molecule has 22 heavy (non-hydrogen) atoms. The van der Waals surface area contributed by atoms with Gasteiger partial charge in [0.15, 0.2) is 0 Å². The predicted molar refractivity (Wildman–Crippen MR) is 100 cm³/mol. The van der Waals surface area contributed by atoms with Crippen molar-refractivity contribution in [3.05, 3.63) is 35.9 Å². The molecular formula is C20H38N2. The third kappa shape index (κ3) is 11.8. The molecule has 0 radical (unpaired) electrons. The second-order valence-corrected chi connectivity index (χ2v) is 6.20. The summed E-state index contributed by atoms with van der Waals surface area (Å²) >= 11 is 0. The summed E-state index contributed by atoms with van der Waals surface area (Å²) in [6, 6.07) is 10.6. The Hall–Kier alpha value is -0.860. The lowest BCUT2D eigenvalue weighted by Gasteiger charge is -2.15. The third-order valence-corrected chi connectivity index (χ3v) is 3.96. The molecule has 128 valence electrons. The molecular weight excluding hydrogens is 268 g/mol. The van der Waals surface area contributed by atoms with Crippen molar-refractivity contribution < 1.29 is 0 Å². The number of rotatable bonds is 10. The third-order valence-electron chi connectivity index (χ3n) is 3.96. The number of benzene rings is 1. The van der Waals surface area contributed by atoms with Crippen molar-refractivity contribution in [2.24, 2.45) is 5.92 Å². The lowest BCUT2D eigenvalue weighted by atomic mass is 10.0. The number of unbranched alkanes of at least 4 members (excludes halogenated alkanes) is 1. The van der Waals surface area contributed by atoms with Crippen LogP contribution in [0, 0.1) is 5.92 Å². The Bertz CT molecular complexity index is 318. The normalized spacial score (nSPS) is 11.9. The molecule has 0 spiro atoms. The smallest absolute Gasteiger partial charge is 0.0230 e. The zero-order chi connectivity index (χ0) is 16.6. The van der Waals surface area contributed by atoms with Gasteiger partial charge in [-0.1, -0.05) is 70.4 Å². The zero-order valence-corrected chi connectivity index (χ0v) is 15.6.